The van der Waals surface area contributed by atoms with Crippen LogP contribution in [0, 0.1) is 6.42 Å². The number of hydrogen-bond donors (Lipinski definition) is 0. The highest BCUT2D eigenvalue weighted by atomic mass is 32.1. The predicted octanol–water partition coefficient (Wildman–Crippen LogP) is 2.25. The van der Waals surface area contributed by atoms with Crippen molar-refractivity contribution < 1.29 is 0 Å². The molecule has 1 aromatic rings. The van der Waals surface area contributed by atoms with E-state index in [1.54, 1.807) is 11.3 Å². The van der Waals surface area contributed by atoms with Crippen molar-refractivity contribution in [1.29, 1.82) is 0 Å². The maximum absolute atomic E-state index is 2.28. The van der Waals surface area contributed by atoms with E-state index in [2.05, 4.69) is 42.9 Å². The maximum Gasteiger partial charge on any atom is 0.00830 e. The SMILES string of the molecule is CN(C)CC[CH]c1cccs1. The quantitative estimate of drug-likeness (QED) is 0.666. The second-order valence-corrected chi connectivity index (χ2v) is 3.79. The predicted molar refractivity (Wildman–Crippen MR) is 50.9 cm³/mol. The van der Waals surface area contributed by atoms with Gasteiger partial charge >= 0.3 is 0 Å². The van der Waals surface area contributed by atoms with Crippen LogP contribution in [-0.4, -0.2) is 25.5 Å². The van der Waals surface area contributed by atoms with Crippen LogP contribution in [0.1, 0.15) is 11.3 Å². The van der Waals surface area contributed by atoms with Crippen LogP contribution in [0.25, 0.3) is 0 Å². The summed E-state index contributed by atoms with van der Waals surface area (Å²) in [5.74, 6) is 0. The van der Waals surface area contributed by atoms with Crippen molar-refractivity contribution >= 4 is 11.3 Å². The Kier molecular flexibility index (Phi) is 3.60. The fourth-order valence-electron chi connectivity index (χ4n) is 0.872. The molecule has 2 heteroatoms. The van der Waals surface area contributed by atoms with Crippen molar-refractivity contribution in [3.05, 3.63) is 28.8 Å². The Balaban J connectivity index is 2.14. The third kappa shape index (κ3) is 3.54. The van der Waals surface area contributed by atoms with Crippen LogP contribution in [0.4, 0.5) is 0 Å². The molecule has 1 nitrogen and oxygen atoms in total. The molecule has 0 unspecified atom stereocenters. The van der Waals surface area contributed by atoms with Crippen molar-refractivity contribution in [2.75, 3.05) is 20.6 Å². The molecule has 0 aliphatic carbocycles. The summed E-state index contributed by atoms with van der Waals surface area (Å²) in [6.07, 6.45) is 3.43. The van der Waals surface area contributed by atoms with E-state index in [1.165, 1.54) is 4.88 Å². The molecule has 0 bridgehead atoms. The molecule has 1 radical (unpaired) electrons. The van der Waals surface area contributed by atoms with Gasteiger partial charge in [-0.1, -0.05) is 6.07 Å². The van der Waals surface area contributed by atoms with Gasteiger partial charge in [0.1, 0.15) is 0 Å². The van der Waals surface area contributed by atoms with Crippen LogP contribution in [0.15, 0.2) is 17.5 Å². The lowest BCUT2D eigenvalue weighted by atomic mass is 10.2. The fraction of sp³-hybridized carbons (Fsp3) is 0.444. The standard InChI is InChI=1S/C9H14NS/c1-10(2)7-3-5-9-6-4-8-11-9/h4-6,8H,3,7H2,1-2H3. The third-order valence-electron chi connectivity index (χ3n) is 1.47. The van der Waals surface area contributed by atoms with Gasteiger partial charge in [-0.15, -0.1) is 11.3 Å². The summed E-state index contributed by atoms with van der Waals surface area (Å²) in [4.78, 5) is 3.58. The van der Waals surface area contributed by atoms with Crippen LogP contribution in [0.5, 0.6) is 0 Å². The van der Waals surface area contributed by atoms with Gasteiger partial charge in [-0.05, 0) is 38.5 Å². The number of thiophene rings is 1. The Bertz CT molecular complexity index is 179. The Morgan fingerprint density at radius 2 is 2.36 bits per heavy atom. The molecule has 1 heterocycles. The molecule has 0 aliphatic heterocycles. The zero-order valence-corrected chi connectivity index (χ0v) is 7.90. The van der Waals surface area contributed by atoms with Crippen LogP contribution < -0.4 is 0 Å². The van der Waals surface area contributed by atoms with Gasteiger partial charge in [0.2, 0.25) is 0 Å². The highest BCUT2D eigenvalue weighted by Crippen LogP contribution is 2.12. The first-order chi connectivity index (χ1) is 5.29. The van der Waals surface area contributed by atoms with Crippen LogP contribution in [0.2, 0.25) is 0 Å². The van der Waals surface area contributed by atoms with E-state index >= 15 is 0 Å². The average molecular weight is 168 g/mol. The second kappa shape index (κ2) is 4.52. The molecule has 0 spiro atoms. The van der Waals surface area contributed by atoms with E-state index in [1.807, 2.05) is 0 Å². The highest BCUT2D eigenvalue weighted by Gasteiger charge is 1.94. The molecular formula is C9H14NS. The van der Waals surface area contributed by atoms with Gasteiger partial charge in [0, 0.05) is 11.3 Å². The van der Waals surface area contributed by atoms with Gasteiger partial charge in [0.05, 0.1) is 0 Å². The van der Waals surface area contributed by atoms with E-state index in [-0.39, 0.29) is 0 Å². The fourth-order valence-corrected chi connectivity index (χ4v) is 1.56. The normalized spacial score (nSPS) is 10.8. The van der Waals surface area contributed by atoms with Crippen molar-refractivity contribution in [1.82, 2.24) is 4.90 Å². The van der Waals surface area contributed by atoms with Crippen molar-refractivity contribution in [3.8, 4) is 0 Å². The molecule has 0 saturated carbocycles. The molecule has 1 aromatic heterocycles. The smallest absolute Gasteiger partial charge is 0.00830 e. The molecule has 0 amide bonds. The Hall–Kier alpha value is -0.340. The lowest BCUT2D eigenvalue weighted by Crippen LogP contribution is -2.12. The first-order valence-electron chi connectivity index (χ1n) is 3.80. The topological polar surface area (TPSA) is 3.24 Å². The molecule has 0 atom stereocenters. The Morgan fingerprint density at radius 1 is 1.55 bits per heavy atom. The molecular weight excluding hydrogens is 154 g/mol. The second-order valence-electron chi connectivity index (χ2n) is 2.81. The molecule has 11 heavy (non-hydrogen) atoms. The largest absolute Gasteiger partial charge is 0.309 e. The molecule has 0 aromatic carbocycles. The monoisotopic (exact) mass is 168 g/mol. The highest BCUT2D eigenvalue weighted by molar-refractivity contribution is 7.10. The Morgan fingerprint density at radius 3 is 2.91 bits per heavy atom. The lowest BCUT2D eigenvalue weighted by molar-refractivity contribution is 0.413. The minimum absolute atomic E-state index is 1.14. The summed E-state index contributed by atoms with van der Waals surface area (Å²) < 4.78 is 0. The summed E-state index contributed by atoms with van der Waals surface area (Å²) in [5, 5.41) is 2.11. The molecule has 0 saturated heterocycles. The van der Waals surface area contributed by atoms with Gasteiger partial charge in [-0.3, -0.25) is 0 Å². The third-order valence-corrected chi connectivity index (χ3v) is 2.33. The zero-order chi connectivity index (χ0) is 8.10. The first-order valence-corrected chi connectivity index (χ1v) is 4.68. The first kappa shape index (κ1) is 8.75. The molecule has 0 fully saturated rings. The van der Waals surface area contributed by atoms with Crippen molar-refractivity contribution in [3.63, 3.8) is 0 Å². The molecule has 61 valence electrons. The molecule has 0 aliphatic rings. The van der Waals surface area contributed by atoms with Crippen LogP contribution >= 0.6 is 11.3 Å². The number of nitrogens with zero attached hydrogens (tertiary/aromatic N) is 1. The van der Waals surface area contributed by atoms with Crippen molar-refractivity contribution in [2.24, 2.45) is 0 Å². The van der Waals surface area contributed by atoms with Crippen LogP contribution in [0.3, 0.4) is 0 Å². The number of rotatable bonds is 4. The molecule has 0 N–H and O–H groups in total. The maximum atomic E-state index is 2.28. The van der Waals surface area contributed by atoms with Crippen LogP contribution in [-0.2, 0) is 0 Å². The minimum Gasteiger partial charge on any atom is -0.309 e. The van der Waals surface area contributed by atoms with E-state index in [0.717, 1.165) is 13.0 Å². The van der Waals surface area contributed by atoms with Gasteiger partial charge in [-0.2, -0.15) is 0 Å². The summed E-state index contributed by atoms with van der Waals surface area (Å²) in [6, 6.07) is 4.24. The summed E-state index contributed by atoms with van der Waals surface area (Å²) >= 11 is 1.80. The molecule has 1 rings (SSSR count). The van der Waals surface area contributed by atoms with E-state index in [9.17, 15) is 0 Å². The van der Waals surface area contributed by atoms with E-state index < -0.39 is 0 Å². The summed E-state index contributed by atoms with van der Waals surface area (Å²) in [5.41, 5.74) is 0. The van der Waals surface area contributed by atoms with Gasteiger partial charge in [0.25, 0.3) is 0 Å². The lowest BCUT2D eigenvalue weighted by Gasteiger charge is -2.07. The van der Waals surface area contributed by atoms with Gasteiger partial charge in [-0.25, -0.2) is 0 Å². The number of hydrogen-bond acceptors (Lipinski definition) is 2. The average Bonchev–Trinajstić information content (AvgIpc) is 2.39. The Labute approximate surface area is 72.7 Å². The minimum atomic E-state index is 1.14. The summed E-state index contributed by atoms with van der Waals surface area (Å²) in [6.45, 7) is 1.14. The zero-order valence-electron chi connectivity index (χ0n) is 7.08. The van der Waals surface area contributed by atoms with E-state index in [0.29, 0.717) is 0 Å². The summed E-state index contributed by atoms with van der Waals surface area (Å²) in [7, 11) is 4.20. The van der Waals surface area contributed by atoms with Crippen molar-refractivity contribution in [2.45, 2.75) is 6.42 Å². The van der Waals surface area contributed by atoms with Gasteiger partial charge in [0.15, 0.2) is 0 Å². The van der Waals surface area contributed by atoms with E-state index in [4.69, 9.17) is 0 Å². The van der Waals surface area contributed by atoms with Gasteiger partial charge < -0.3 is 4.90 Å².